The van der Waals surface area contributed by atoms with Crippen molar-refractivity contribution in [2.24, 2.45) is 0 Å². The van der Waals surface area contributed by atoms with Crippen molar-refractivity contribution in [2.75, 3.05) is 13.1 Å². The molecule has 2 rings (SSSR count). The van der Waals surface area contributed by atoms with Gasteiger partial charge in [-0.1, -0.05) is 11.6 Å². The third-order valence-electron chi connectivity index (χ3n) is 2.18. The Morgan fingerprint density at radius 3 is 2.86 bits per heavy atom. The van der Waals surface area contributed by atoms with Crippen LogP contribution in [0.1, 0.15) is 16.8 Å². The summed E-state index contributed by atoms with van der Waals surface area (Å²) < 4.78 is 0.769. The maximum Gasteiger partial charge on any atom is 0.257 e. The summed E-state index contributed by atoms with van der Waals surface area (Å²) in [6.07, 6.45) is 2.65. The van der Waals surface area contributed by atoms with E-state index in [1.807, 2.05) is 0 Å². The van der Waals surface area contributed by atoms with E-state index in [-0.39, 0.29) is 11.1 Å². The molecule has 0 unspecified atom stereocenters. The summed E-state index contributed by atoms with van der Waals surface area (Å²) >= 11 is 9.10. The van der Waals surface area contributed by atoms with Crippen molar-refractivity contribution in [3.05, 3.63) is 27.5 Å². The Labute approximate surface area is 95.2 Å². The van der Waals surface area contributed by atoms with E-state index in [9.17, 15) is 4.79 Å². The molecule has 0 bridgehead atoms. The van der Waals surface area contributed by atoms with Crippen LogP contribution >= 0.6 is 27.5 Å². The first-order chi connectivity index (χ1) is 6.68. The second-order valence-corrected chi connectivity index (χ2v) is 4.41. The van der Waals surface area contributed by atoms with Crippen LogP contribution in [0.2, 0.25) is 5.15 Å². The fourth-order valence-corrected chi connectivity index (χ4v) is 1.78. The van der Waals surface area contributed by atoms with E-state index < -0.39 is 0 Å². The highest BCUT2D eigenvalue weighted by Crippen LogP contribution is 2.21. The Morgan fingerprint density at radius 2 is 2.29 bits per heavy atom. The molecule has 1 aromatic heterocycles. The summed E-state index contributed by atoms with van der Waals surface area (Å²) in [5.74, 6) is -0.0324. The highest BCUT2D eigenvalue weighted by atomic mass is 79.9. The van der Waals surface area contributed by atoms with Gasteiger partial charge in [-0.15, -0.1) is 0 Å². The molecule has 0 aromatic carbocycles. The number of carbonyl (C=O) groups excluding carboxylic acids is 1. The standard InChI is InChI=1S/C9H8BrClN2O/c10-6-4-7(8(11)12-5-6)9(14)13-2-1-3-13/h4-5H,1-3H2. The van der Waals surface area contributed by atoms with Gasteiger partial charge in [-0.3, -0.25) is 4.79 Å². The predicted molar refractivity (Wildman–Crippen MR) is 57.5 cm³/mol. The molecule has 3 nitrogen and oxygen atoms in total. The molecular weight excluding hydrogens is 267 g/mol. The third-order valence-corrected chi connectivity index (χ3v) is 2.91. The van der Waals surface area contributed by atoms with Crippen LogP contribution in [-0.2, 0) is 0 Å². The molecule has 2 heterocycles. The van der Waals surface area contributed by atoms with E-state index in [2.05, 4.69) is 20.9 Å². The van der Waals surface area contributed by atoms with Crippen LogP contribution in [0.15, 0.2) is 16.7 Å². The van der Waals surface area contributed by atoms with Gasteiger partial charge < -0.3 is 4.90 Å². The largest absolute Gasteiger partial charge is 0.338 e. The van der Waals surface area contributed by atoms with Gasteiger partial charge in [-0.25, -0.2) is 4.98 Å². The van der Waals surface area contributed by atoms with E-state index in [4.69, 9.17) is 11.6 Å². The molecule has 1 saturated heterocycles. The molecule has 0 spiro atoms. The zero-order valence-electron chi connectivity index (χ0n) is 7.33. The number of carbonyl (C=O) groups is 1. The van der Waals surface area contributed by atoms with Gasteiger partial charge in [0.1, 0.15) is 5.15 Å². The van der Waals surface area contributed by atoms with Gasteiger partial charge in [0.2, 0.25) is 0 Å². The minimum atomic E-state index is -0.0324. The number of aromatic nitrogens is 1. The van der Waals surface area contributed by atoms with Gasteiger partial charge in [0, 0.05) is 23.8 Å². The molecule has 0 atom stereocenters. The first-order valence-electron chi connectivity index (χ1n) is 4.29. The van der Waals surface area contributed by atoms with Gasteiger partial charge in [-0.2, -0.15) is 0 Å². The second-order valence-electron chi connectivity index (χ2n) is 3.14. The molecule has 14 heavy (non-hydrogen) atoms. The highest BCUT2D eigenvalue weighted by Gasteiger charge is 2.23. The lowest BCUT2D eigenvalue weighted by atomic mass is 10.1. The Morgan fingerprint density at radius 1 is 1.57 bits per heavy atom. The molecule has 0 radical (unpaired) electrons. The fraction of sp³-hybridized carbons (Fsp3) is 0.333. The van der Waals surface area contributed by atoms with Crippen LogP contribution in [-0.4, -0.2) is 28.9 Å². The summed E-state index contributed by atoms with van der Waals surface area (Å²) in [4.78, 5) is 17.5. The van der Waals surface area contributed by atoms with Gasteiger partial charge >= 0.3 is 0 Å². The topological polar surface area (TPSA) is 33.2 Å². The van der Waals surface area contributed by atoms with Crippen LogP contribution in [0.3, 0.4) is 0 Å². The SMILES string of the molecule is O=C(c1cc(Br)cnc1Cl)N1CCC1. The van der Waals surface area contributed by atoms with Crippen molar-refractivity contribution in [1.82, 2.24) is 9.88 Å². The molecule has 0 N–H and O–H groups in total. The smallest absolute Gasteiger partial charge is 0.257 e. The number of rotatable bonds is 1. The summed E-state index contributed by atoms with van der Waals surface area (Å²) in [6.45, 7) is 1.64. The Kier molecular flexibility index (Phi) is 2.74. The maximum atomic E-state index is 11.8. The number of likely N-dealkylation sites (tertiary alicyclic amines) is 1. The van der Waals surface area contributed by atoms with Crippen molar-refractivity contribution in [1.29, 1.82) is 0 Å². The minimum Gasteiger partial charge on any atom is -0.338 e. The van der Waals surface area contributed by atoms with Crippen LogP contribution in [0.5, 0.6) is 0 Å². The lowest BCUT2D eigenvalue weighted by Gasteiger charge is -2.31. The van der Waals surface area contributed by atoms with Crippen LogP contribution in [0, 0.1) is 0 Å². The van der Waals surface area contributed by atoms with Crippen molar-refractivity contribution < 1.29 is 4.79 Å². The van der Waals surface area contributed by atoms with Gasteiger partial charge in [0.15, 0.2) is 0 Å². The molecule has 1 aliphatic rings. The maximum absolute atomic E-state index is 11.8. The van der Waals surface area contributed by atoms with Crippen molar-refractivity contribution in [3.63, 3.8) is 0 Å². The molecule has 1 amide bonds. The second kappa shape index (κ2) is 3.87. The number of halogens is 2. The van der Waals surface area contributed by atoms with Gasteiger partial charge in [0.25, 0.3) is 5.91 Å². The quantitative estimate of drug-likeness (QED) is 0.737. The molecule has 1 aromatic rings. The van der Waals surface area contributed by atoms with Crippen LogP contribution in [0.4, 0.5) is 0 Å². The Hall–Kier alpha value is -0.610. The van der Waals surface area contributed by atoms with E-state index in [1.165, 1.54) is 0 Å². The first-order valence-corrected chi connectivity index (χ1v) is 5.46. The van der Waals surface area contributed by atoms with E-state index in [0.29, 0.717) is 5.56 Å². The fourth-order valence-electron chi connectivity index (χ4n) is 1.26. The minimum absolute atomic E-state index is 0.0324. The van der Waals surface area contributed by atoms with Crippen molar-refractivity contribution in [2.45, 2.75) is 6.42 Å². The molecule has 74 valence electrons. The zero-order chi connectivity index (χ0) is 10.1. The van der Waals surface area contributed by atoms with Crippen LogP contribution < -0.4 is 0 Å². The number of hydrogen-bond donors (Lipinski definition) is 0. The molecule has 0 saturated carbocycles. The van der Waals surface area contributed by atoms with Gasteiger partial charge in [-0.05, 0) is 28.4 Å². The summed E-state index contributed by atoms with van der Waals surface area (Å²) in [6, 6.07) is 1.70. The number of hydrogen-bond acceptors (Lipinski definition) is 2. The molecular formula is C9H8BrClN2O. The zero-order valence-corrected chi connectivity index (χ0v) is 9.68. The molecule has 1 fully saturated rings. The average Bonchev–Trinajstić information content (AvgIpc) is 2.06. The average molecular weight is 276 g/mol. The summed E-state index contributed by atoms with van der Waals surface area (Å²) in [5.41, 5.74) is 0.473. The predicted octanol–water partition coefficient (Wildman–Crippen LogP) is 2.34. The highest BCUT2D eigenvalue weighted by molar-refractivity contribution is 9.10. The first kappa shape index (κ1) is 9.93. The number of amides is 1. The van der Waals surface area contributed by atoms with E-state index in [1.54, 1.807) is 17.2 Å². The third kappa shape index (κ3) is 1.77. The molecule has 1 aliphatic heterocycles. The normalized spacial score (nSPS) is 15.1. The number of pyridine rings is 1. The van der Waals surface area contributed by atoms with Gasteiger partial charge in [0.05, 0.1) is 5.56 Å². The number of nitrogens with zero attached hydrogens (tertiary/aromatic N) is 2. The lowest BCUT2D eigenvalue weighted by molar-refractivity contribution is 0.0651. The van der Waals surface area contributed by atoms with Crippen molar-refractivity contribution >= 4 is 33.4 Å². The Bertz CT molecular complexity index is 379. The van der Waals surface area contributed by atoms with E-state index >= 15 is 0 Å². The summed E-state index contributed by atoms with van der Waals surface area (Å²) in [7, 11) is 0. The van der Waals surface area contributed by atoms with E-state index in [0.717, 1.165) is 24.0 Å². The van der Waals surface area contributed by atoms with Crippen LogP contribution in [0.25, 0.3) is 0 Å². The molecule has 0 aliphatic carbocycles. The monoisotopic (exact) mass is 274 g/mol. The summed E-state index contributed by atoms with van der Waals surface area (Å²) in [5, 5.41) is 0.269. The Balaban J connectivity index is 2.29. The van der Waals surface area contributed by atoms with Crippen molar-refractivity contribution in [3.8, 4) is 0 Å². The molecule has 5 heteroatoms. The lowest BCUT2D eigenvalue weighted by Crippen LogP contribution is -2.42.